The first-order valence-corrected chi connectivity index (χ1v) is 8.09. The maximum atomic E-state index is 12.0. The number of carbonyl (C=O) groups excluding carboxylic acids is 2. The summed E-state index contributed by atoms with van der Waals surface area (Å²) >= 11 is 0. The number of hydrogen-bond acceptors (Lipinski definition) is 5. The number of carbonyl (C=O) groups is 2. The Labute approximate surface area is 143 Å². The molecule has 0 heterocycles. The third kappa shape index (κ3) is 7.46. The van der Waals surface area contributed by atoms with Gasteiger partial charge in [0, 0.05) is 20.2 Å². The minimum absolute atomic E-state index is 0.174. The molecule has 1 aromatic carbocycles. The predicted molar refractivity (Wildman–Crippen MR) is 90.4 cm³/mol. The van der Waals surface area contributed by atoms with Gasteiger partial charge in [0.1, 0.15) is 5.75 Å². The lowest BCUT2D eigenvalue weighted by atomic mass is 10.1. The van der Waals surface area contributed by atoms with Crippen molar-refractivity contribution in [3.8, 4) is 5.75 Å². The van der Waals surface area contributed by atoms with Crippen LogP contribution in [0.2, 0.25) is 0 Å². The van der Waals surface area contributed by atoms with E-state index in [9.17, 15) is 14.7 Å². The molecule has 0 aliphatic carbocycles. The number of benzene rings is 1. The molecule has 0 saturated carbocycles. The van der Waals surface area contributed by atoms with Crippen LogP contribution in [0.5, 0.6) is 5.75 Å². The van der Waals surface area contributed by atoms with Gasteiger partial charge in [0.15, 0.2) is 12.7 Å². The predicted octanol–water partition coefficient (Wildman–Crippen LogP) is 2.34. The summed E-state index contributed by atoms with van der Waals surface area (Å²) in [5.74, 6) is -0.160. The van der Waals surface area contributed by atoms with Crippen molar-refractivity contribution in [2.45, 2.75) is 39.8 Å². The number of phenols is 1. The average Bonchev–Trinajstić information content (AvgIpc) is 2.53. The number of ether oxygens (including phenoxy) is 2. The molecular weight excluding hydrogens is 310 g/mol. The molecule has 24 heavy (non-hydrogen) atoms. The van der Waals surface area contributed by atoms with Crippen LogP contribution >= 0.6 is 0 Å². The number of esters is 1. The van der Waals surface area contributed by atoms with Crippen molar-refractivity contribution >= 4 is 11.9 Å². The molecule has 0 fully saturated rings. The monoisotopic (exact) mass is 337 g/mol. The lowest BCUT2D eigenvalue weighted by Gasteiger charge is -2.18. The van der Waals surface area contributed by atoms with Gasteiger partial charge in [-0.3, -0.25) is 4.79 Å². The Bertz CT molecular complexity index is 527. The van der Waals surface area contributed by atoms with Gasteiger partial charge in [-0.25, -0.2) is 4.79 Å². The quantitative estimate of drug-likeness (QED) is 0.700. The normalized spacial score (nSPS) is 12.0. The average molecular weight is 337 g/mol. The molecule has 0 aliphatic heterocycles. The molecule has 0 aromatic heterocycles. The third-order valence-corrected chi connectivity index (χ3v) is 3.51. The Kier molecular flexibility index (Phi) is 8.26. The Hall–Kier alpha value is -2.08. The smallest absolute Gasteiger partial charge is 0.335 e. The summed E-state index contributed by atoms with van der Waals surface area (Å²) in [7, 11) is 1.63. The summed E-state index contributed by atoms with van der Waals surface area (Å²) in [4.78, 5) is 25.3. The van der Waals surface area contributed by atoms with E-state index >= 15 is 0 Å². The topological polar surface area (TPSA) is 76.1 Å². The zero-order valence-corrected chi connectivity index (χ0v) is 14.8. The number of phenolic OH excluding ortho intramolecular Hbond substituents is 1. The van der Waals surface area contributed by atoms with Crippen molar-refractivity contribution in [3.63, 3.8) is 0 Å². The fraction of sp³-hybridized carbons (Fsp3) is 0.556. The summed E-state index contributed by atoms with van der Waals surface area (Å²) in [6, 6.07) is 6.58. The number of aromatic hydroxyl groups is 1. The minimum atomic E-state index is -0.682. The Morgan fingerprint density at radius 3 is 2.38 bits per heavy atom. The molecule has 0 aliphatic rings. The van der Waals surface area contributed by atoms with E-state index < -0.39 is 12.1 Å². The molecule has 0 bridgehead atoms. The number of nitrogens with zero attached hydrogens (tertiary/aromatic N) is 1. The van der Waals surface area contributed by atoms with E-state index in [2.05, 4.69) is 13.8 Å². The second kappa shape index (κ2) is 9.93. The van der Waals surface area contributed by atoms with Gasteiger partial charge in [-0.15, -0.1) is 0 Å². The Balaban J connectivity index is 2.33. The zero-order valence-electron chi connectivity index (χ0n) is 14.8. The van der Waals surface area contributed by atoms with Crippen LogP contribution in [0, 0.1) is 5.92 Å². The highest BCUT2D eigenvalue weighted by Crippen LogP contribution is 2.11. The first-order chi connectivity index (χ1) is 11.3. The molecular formula is C18H27NO5. The van der Waals surface area contributed by atoms with Gasteiger partial charge in [-0.05, 0) is 37.0 Å². The van der Waals surface area contributed by atoms with Gasteiger partial charge < -0.3 is 19.5 Å². The molecule has 1 unspecified atom stereocenters. The zero-order chi connectivity index (χ0) is 18.1. The van der Waals surface area contributed by atoms with Gasteiger partial charge in [0.05, 0.1) is 0 Å². The van der Waals surface area contributed by atoms with Gasteiger partial charge in [-0.1, -0.05) is 26.0 Å². The molecule has 134 valence electrons. The van der Waals surface area contributed by atoms with Crippen molar-refractivity contribution in [3.05, 3.63) is 29.8 Å². The van der Waals surface area contributed by atoms with E-state index in [1.165, 1.54) is 4.90 Å². The lowest BCUT2D eigenvalue weighted by Crippen LogP contribution is -2.33. The van der Waals surface area contributed by atoms with E-state index in [-0.39, 0.29) is 18.3 Å². The molecule has 1 N–H and O–H groups in total. The highest BCUT2D eigenvalue weighted by Gasteiger charge is 2.18. The van der Waals surface area contributed by atoms with Crippen LogP contribution in [0.4, 0.5) is 0 Å². The number of hydrogen-bond donors (Lipinski definition) is 1. The maximum Gasteiger partial charge on any atom is 0.335 e. The largest absolute Gasteiger partial charge is 0.508 e. The highest BCUT2D eigenvalue weighted by molar-refractivity contribution is 5.81. The van der Waals surface area contributed by atoms with E-state index in [0.717, 1.165) is 12.0 Å². The third-order valence-electron chi connectivity index (χ3n) is 3.51. The minimum Gasteiger partial charge on any atom is -0.508 e. The second-order valence-corrected chi connectivity index (χ2v) is 6.22. The van der Waals surface area contributed by atoms with Crippen LogP contribution in [-0.2, 0) is 25.6 Å². The van der Waals surface area contributed by atoms with E-state index in [1.54, 1.807) is 38.2 Å². The van der Waals surface area contributed by atoms with Crippen LogP contribution < -0.4 is 0 Å². The van der Waals surface area contributed by atoms with Crippen molar-refractivity contribution in [1.82, 2.24) is 4.90 Å². The van der Waals surface area contributed by atoms with E-state index in [4.69, 9.17) is 9.47 Å². The van der Waals surface area contributed by atoms with Crippen molar-refractivity contribution in [2.75, 3.05) is 20.3 Å². The molecule has 0 spiro atoms. The number of rotatable bonds is 9. The summed E-state index contributed by atoms with van der Waals surface area (Å²) in [6.45, 7) is 6.32. The van der Waals surface area contributed by atoms with E-state index in [0.29, 0.717) is 19.1 Å². The fourth-order valence-corrected chi connectivity index (χ4v) is 1.87. The van der Waals surface area contributed by atoms with Crippen LogP contribution in [0.3, 0.4) is 0 Å². The lowest BCUT2D eigenvalue weighted by molar-refractivity contribution is -0.161. The van der Waals surface area contributed by atoms with Gasteiger partial charge >= 0.3 is 5.97 Å². The summed E-state index contributed by atoms with van der Waals surface area (Å²) < 4.78 is 10.4. The molecule has 1 rings (SSSR count). The highest BCUT2D eigenvalue weighted by atomic mass is 16.6. The molecule has 6 nitrogen and oxygen atoms in total. The van der Waals surface area contributed by atoms with Crippen LogP contribution in [0.25, 0.3) is 0 Å². The van der Waals surface area contributed by atoms with Crippen molar-refractivity contribution in [1.29, 1.82) is 0 Å². The summed E-state index contributed by atoms with van der Waals surface area (Å²) in [5, 5.41) is 9.24. The Morgan fingerprint density at radius 2 is 1.79 bits per heavy atom. The van der Waals surface area contributed by atoms with Crippen LogP contribution in [-0.4, -0.2) is 48.2 Å². The Morgan fingerprint density at radius 1 is 1.17 bits per heavy atom. The second-order valence-electron chi connectivity index (χ2n) is 6.22. The number of likely N-dealkylation sites (N-methyl/N-ethyl adjacent to an activating group) is 1. The molecule has 1 amide bonds. The summed E-state index contributed by atoms with van der Waals surface area (Å²) in [5.41, 5.74) is 0.875. The van der Waals surface area contributed by atoms with Crippen molar-refractivity contribution < 1.29 is 24.2 Å². The molecule has 6 heteroatoms. The van der Waals surface area contributed by atoms with Gasteiger partial charge in [-0.2, -0.15) is 0 Å². The standard InChI is InChI=1S/C18H27NO5/c1-13(2)9-10-23-14(3)18(22)24-12-17(21)19(4)11-15-5-7-16(20)8-6-15/h5-8,13-14,20H,9-12H2,1-4H3. The van der Waals surface area contributed by atoms with E-state index in [1.807, 2.05) is 0 Å². The first-order valence-electron chi connectivity index (χ1n) is 8.09. The summed E-state index contributed by atoms with van der Waals surface area (Å²) in [6.07, 6.45) is 0.185. The molecule has 1 atom stereocenters. The van der Waals surface area contributed by atoms with Crippen LogP contribution in [0.1, 0.15) is 32.8 Å². The number of amides is 1. The van der Waals surface area contributed by atoms with Gasteiger partial charge in [0.25, 0.3) is 5.91 Å². The first kappa shape index (κ1) is 20.0. The SMILES string of the molecule is CC(C)CCOC(C)C(=O)OCC(=O)N(C)Cc1ccc(O)cc1. The molecule has 0 radical (unpaired) electrons. The van der Waals surface area contributed by atoms with Crippen molar-refractivity contribution in [2.24, 2.45) is 5.92 Å². The molecule has 0 saturated heterocycles. The maximum absolute atomic E-state index is 12.0. The molecule has 1 aromatic rings. The van der Waals surface area contributed by atoms with Crippen LogP contribution in [0.15, 0.2) is 24.3 Å². The van der Waals surface area contributed by atoms with Gasteiger partial charge in [0.2, 0.25) is 0 Å². The fourth-order valence-electron chi connectivity index (χ4n) is 1.87.